The zero-order valence-corrected chi connectivity index (χ0v) is 9.09. The fourth-order valence-corrected chi connectivity index (χ4v) is 1.24. The van der Waals surface area contributed by atoms with Crippen LogP contribution in [0.5, 0.6) is 11.5 Å². The first kappa shape index (κ1) is 14.4. The molecule has 1 aromatic rings. The third kappa shape index (κ3) is 3.42. The van der Waals surface area contributed by atoms with Gasteiger partial charge in [-0.05, 0) is 0 Å². The van der Waals surface area contributed by atoms with E-state index < -0.39 is 30.0 Å². The minimum atomic E-state index is -5.03. The number of hydrogen-bond donors (Lipinski definition) is 1. The van der Waals surface area contributed by atoms with Crippen molar-refractivity contribution in [2.24, 2.45) is 5.73 Å². The Morgan fingerprint density at radius 2 is 2.00 bits per heavy atom. The molecule has 0 spiro atoms. The molecule has 102 valence electrons. The summed E-state index contributed by atoms with van der Waals surface area (Å²) < 4.78 is 69.7. The average molecular weight is 272 g/mol. The van der Waals surface area contributed by atoms with E-state index in [0.717, 1.165) is 13.2 Å². The number of ether oxygens (including phenoxy) is 2. The van der Waals surface area contributed by atoms with Crippen LogP contribution in [-0.4, -0.2) is 18.5 Å². The highest BCUT2D eigenvalue weighted by Crippen LogP contribution is 2.38. The van der Waals surface area contributed by atoms with Gasteiger partial charge in [0.05, 0.1) is 12.8 Å². The molecule has 18 heavy (non-hydrogen) atoms. The Labute approximate surface area is 98.5 Å². The molecule has 0 saturated carbocycles. The Balaban J connectivity index is 3.33. The Morgan fingerprint density at radius 3 is 2.39 bits per heavy atom. The highest BCUT2D eigenvalue weighted by molar-refractivity contribution is 5.45. The van der Waals surface area contributed by atoms with E-state index in [1.54, 1.807) is 0 Å². The molecule has 9 heteroatoms. The predicted octanol–water partition coefficient (Wildman–Crippen LogP) is 2.39. The van der Waals surface area contributed by atoms with Gasteiger partial charge in [-0.1, -0.05) is 0 Å². The van der Waals surface area contributed by atoms with Gasteiger partial charge in [-0.25, -0.2) is 13.8 Å². The SMILES string of the molecule is COc1c(OC(F)(F)F)cc(CN)nc1C(F)F. The number of pyridine rings is 1. The molecule has 0 aliphatic rings. The van der Waals surface area contributed by atoms with Crippen molar-refractivity contribution in [1.82, 2.24) is 4.98 Å². The topological polar surface area (TPSA) is 57.4 Å². The van der Waals surface area contributed by atoms with Crippen LogP contribution in [0.4, 0.5) is 22.0 Å². The molecule has 0 bridgehead atoms. The van der Waals surface area contributed by atoms with E-state index in [0.29, 0.717) is 0 Å². The number of methoxy groups -OCH3 is 1. The van der Waals surface area contributed by atoms with E-state index in [-0.39, 0.29) is 12.2 Å². The van der Waals surface area contributed by atoms with Gasteiger partial charge in [0.15, 0.2) is 17.2 Å². The number of alkyl halides is 5. The average Bonchev–Trinajstić information content (AvgIpc) is 2.25. The van der Waals surface area contributed by atoms with Crippen molar-refractivity contribution in [3.05, 3.63) is 17.5 Å². The molecule has 4 nitrogen and oxygen atoms in total. The molecule has 2 N–H and O–H groups in total. The van der Waals surface area contributed by atoms with Gasteiger partial charge in [-0.2, -0.15) is 0 Å². The number of halogens is 5. The summed E-state index contributed by atoms with van der Waals surface area (Å²) in [7, 11) is 0.939. The van der Waals surface area contributed by atoms with Crippen molar-refractivity contribution >= 4 is 0 Å². The summed E-state index contributed by atoms with van der Waals surface area (Å²) in [5.41, 5.74) is 4.05. The molecule has 0 saturated heterocycles. The normalized spacial score (nSPS) is 11.8. The van der Waals surface area contributed by atoms with Crippen molar-refractivity contribution < 1.29 is 31.4 Å². The van der Waals surface area contributed by atoms with Crippen molar-refractivity contribution in [2.75, 3.05) is 7.11 Å². The molecule has 1 rings (SSSR count). The molecule has 0 fully saturated rings. The largest absolute Gasteiger partial charge is 0.573 e. The lowest BCUT2D eigenvalue weighted by molar-refractivity contribution is -0.275. The molecular formula is C9H9F5N2O2. The van der Waals surface area contributed by atoms with Crippen LogP contribution < -0.4 is 15.2 Å². The second-order valence-electron chi connectivity index (χ2n) is 3.08. The van der Waals surface area contributed by atoms with Crippen LogP contribution in [0.1, 0.15) is 17.8 Å². The van der Waals surface area contributed by atoms with E-state index in [1.807, 2.05) is 0 Å². The highest BCUT2D eigenvalue weighted by atomic mass is 19.4. The van der Waals surface area contributed by atoms with E-state index in [9.17, 15) is 22.0 Å². The first-order valence-corrected chi connectivity index (χ1v) is 4.60. The zero-order valence-electron chi connectivity index (χ0n) is 9.09. The van der Waals surface area contributed by atoms with E-state index in [1.165, 1.54) is 0 Å². The van der Waals surface area contributed by atoms with Gasteiger partial charge in [-0.15, -0.1) is 13.2 Å². The van der Waals surface area contributed by atoms with Crippen molar-refractivity contribution in [2.45, 2.75) is 19.3 Å². The van der Waals surface area contributed by atoms with Gasteiger partial charge in [0.25, 0.3) is 6.43 Å². The van der Waals surface area contributed by atoms with E-state index in [4.69, 9.17) is 5.73 Å². The Morgan fingerprint density at radius 1 is 1.39 bits per heavy atom. The summed E-state index contributed by atoms with van der Waals surface area (Å²) in [6.07, 6.45) is -8.14. The summed E-state index contributed by atoms with van der Waals surface area (Å²) in [5.74, 6) is -1.66. The van der Waals surface area contributed by atoms with Crippen LogP contribution in [-0.2, 0) is 6.54 Å². The smallest absolute Gasteiger partial charge is 0.491 e. The Kier molecular flexibility index (Phi) is 4.28. The third-order valence-electron chi connectivity index (χ3n) is 1.86. The zero-order chi connectivity index (χ0) is 13.9. The van der Waals surface area contributed by atoms with Crippen molar-refractivity contribution in [1.29, 1.82) is 0 Å². The molecule has 1 heterocycles. The van der Waals surface area contributed by atoms with Crippen molar-refractivity contribution in [3.8, 4) is 11.5 Å². The summed E-state index contributed by atoms with van der Waals surface area (Å²) >= 11 is 0. The van der Waals surface area contributed by atoms with Crippen LogP contribution >= 0.6 is 0 Å². The number of nitrogens with two attached hydrogens (primary N) is 1. The number of nitrogens with zero attached hydrogens (tertiary/aromatic N) is 1. The molecule has 0 aliphatic carbocycles. The van der Waals surface area contributed by atoms with Gasteiger partial charge in [0, 0.05) is 12.6 Å². The van der Waals surface area contributed by atoms with Gasteiger partial charge < -0.3 is 15.2 Å². The molecule has 0 aromatic carbocycles. The molecular weight excluding hydrogens is 263 g/mol. The second kappa shape index (κ2) is 5.34. The number of rotatable bonds is 4. The Bertz CT molecular complexity index is 422. The van der Waals surface area contributed by atoms with Gasteiger partial charge >= 0.3 is 6.36 Å². The third-order valence-corrected chi connectivity index (χ3v) is 1.86. The van der Waals surface area contributed by atoms with Gasteiger partial charge in [-0.3, -0.25) is 0 Å². The quantitative estimate of drug-likeness (QED) is 0.855. The van der Waals surface area contributed by atoms with Gasteiger partial charge in [0.1, 0.15) is 0 Å². The monoisotopic (exact) mass is 272 g/mol. The van der Waals surface area contributed by atoms with Crippen LogP contribution in [0.3, 0.4) is 0 Å². The van der Waals surface area contributed by atoms with Crippen LogP contribution in [0.2, 0.25) is 0 Å². The molecule has 0 amide bonds. The Hall–Kier alpha value is -1.64. The summed E-state index contributed by atoms with van der Waals surface area (Å²) in [5, 5.41) is 0. The number of aromatic nitrogens is 1. The second-order valence-corrected chi connectivity index (χ2v) is 3.08. The molecule has 0 radical (unpaired) electrons. The maximum Gasteiger partial charge on any atom is 0.573 e. The lowest BCUT2D eigenvalue weighted by Crippen LogP contribution is -2.19. The summed E-state index contributed by atoms with van der Waals surface area (Å²) in [6, 6.07) is 0.804. The summed E-state index contributed by atoms with van der Waals surface area (Å²) in [6.45, 7) is -0.308. The summed E-state index contributed by atoms with van der Waals surface area (Å²) in [4.78, 5) is 3.40. The van der Waals surface area contributed by atoms with Crippen LogP contribution in [0.15, 0.2) is 6.07 Å². The molecule has 0 atom stereocenters. The standard InChI is InChI=1S/C9H9F5N2O2/c1-17-7-5(18-9(12,13)14)2-4(3-15)16-6(7)8(10)11/h2,8H,3,15H2,1H3. The fraction of sp³-hybridized carbons (Fsp3) is 0.444. The van der Waals surface area contributed by atoms with Crippen molar-refractivity contribution in [3.63, 3.8) is 0 Å². The number of hydrogen-bond acceptors (Lipinski definition) is 4. The van der Waals surface area contributed by atoms with Crippen LogP contribution in [0.25, 0.3) is 0 Å². The minimum absolute atomic E-state index is 0.162. The first-order chi connectivity index (χ1) is 8.28. The van der Waals surface area contributed by atoms with Gasteiger partial charge in [0.2, 0.25) is 0 Å². The lowest BCUT2D eigenvalue weighted by Gasteiger charge is -2.16. The van der Waals surface area contributed by atoms with E-state index >= 15 is 0 Å². The maximum atomic E-state index is 12.6. The molecule has 0 unspecified atom stereocenters. The first-order valence-electron chi connectivity index (χ1n) is 4.60. The van der Waals surface area contributed by atoms with E-state index in [2.05, 4.69) is 14.5 Å². The molecule has 1 aromatic heterocycles. The fourth-order valence-electron chi connectivity index (χ4n) is 1.24. The maximum absolute atomic E-state index is 12.6. The lowest BCUT2D eigenvalue weighted by atomic mass is 10.2. The predicted molar refractivity (Wildman–Crippen MR) is 50.3 cm³/mol. The van der Waals surface area contributed by atoms with Crippen LogP contribution in [0, 0.1) is 0 Å². The highest BCUT2D eigenvalue weighted by Gasteiger charge is 2.34. The minimum Gasteiger partial charge on any atom is -0.491 e. The molecule has 0 aliphatic heterocycles.